The van der Waals surface area contributed by atoms with E-state index >= 15 is 0 Å². The number of ether oxygens (including phenoxy) is 4. The lowest BCUT2D eigenvalue weighted by atomic mass is 10.0. The molecular weight excluding hydrogens is 899 g/mol. The van der Waals surface area contributed by atoms with E-state index in [1.54, 1.807) is 0 Å². The van der Waals surface area contributed by atoms with Crippen molar-refractivity contribution in [2.45, 2.75) is 302 Å². The highest BCUT2D eigenvalue weighted by Crippen LogP contribution is 2.17. The minimum absolute atomic E-state index is 0.149. The maximum Gasteiger partial charge on any atom is 0.306 e. The monoisotopic (exact) mass is 1020 g/mol. The maximum absolute atomic E-state index is 12.9. The largest absolute Gasteiger partial charge is 0.545 e. The van der Waals surface area contributed by atoms with Crippen molar-refractivity contribution in [3.8, 4) is 0 Å². The minimum Gasteiger partial charge on any atom is -0.545 e. The molecule has 72 heavy (non-hydrogen) atoms. The van der Waals surface area contributed by atoms with Crippen molar-refractivity contribution in [3.63, 3.8) is 0 Å². The molecule has 0 radical (unpaired) electrons. The second kappa shape index (κ2) is 54.8. The van der Waals surface area contributed by atoms with Gasteiger partial charge in [-0.1, -0.05) is 262 Å². The van der Waals surface area contributed by atoms with Gasteiger partial charge in [0.1, 0.15) is 13.2 Å². The van der Waals surface area contributed by atoms with Crippen LogP contribution in [0.3, 0.4) is 0 Å². The van der Waals surface area contributed by atoms with Gasteiger partial charge in [0, 0.05) is 12.8 Å². The van der Waals surface area contributed by atoms with Crippen LogP contribution in [0.5, 0.6) is 0 Å². The second-order valence-electron chi connectivity index (χ2n) is 22.0. The molecule has 0 fully saturated rings. The zero-order valence-corrected chi connectivity index (χ0v) is 48.1. The second-order valence-corrected chi connectivity index (χ2v) is 22.0. The number of hydrogen-bond acceptors (Lipinski definition) is 8. The summed E-state index contributed by atoms with van der Waals surface area (Å²) >= 11 is 0. The third-order valence-corrected chi connectivity index (χ3v) is 13.6. The standard InChI is InChI=1S/C63H117NO8/c1-6-8-10-12-14-16-18-20-22-24-26-28-29-30-31-32-33-34-36-38-40-42-44-46-48-50-52-54-61(66)72-59(58-71-63(62(67)68)69-56-55-64(3,4)5)57-70-60(65)53-51-49-47-45-43-41-39-37-35-27-25-23-21-19-17-15-13-11-9-7-2/h18,20,24,26,29-30,59,63H,6-17,19,21-23,25,27-28,31-58H2,1-5H3/b20-18-,26-24-,30-29-. The molecule has 422 valence electrons. The molecule has 9 heteroatoms. The first-order valence-electron chi connectivity index (χ1n) is 30.6. The number of carboxylic acids is 1. The summed E-state index contributed by atoms with van der Waals surface area (Å²) in [5, 5.41) is 11.8. The molecule has 0 aliphatic heterocycles. The van der Waals surface area contributed by atoms with Gasteiger partial charge in [0.15, 0.2) is 12.4 Å². The third-order valence-electron chi connectivity index (χ3n) is 13.6. The summed E-state index contributed by atoms with van der Waals surface area (Å²) in [6, 6.07) is 0. The maximum atomic E-state index is 12.9. The molecule has 0 saturated heterocycles. The Morgan fingerprint density at radius 3 is 1.11 bits per heavy atom. The van der Waals surface area contributed by atoms with Gasteiger partial charge in [-0.25, -0.2) is 0 Å². The van der Waals surface area contributed by atoms with Crippen molar-refractivity contribution in [3.05, 3.63) is 36.5 Å². The Bertz CT molecular complexity index is 1270. The van der Waals surface area contributed by atoms with Crippen molar-refractivity contribution in [2.24, 2.45) is 0 Å². The van der Waals surface area contributed by atoms with E-state index in [2.05, 4.69) is 50.3 Å². The van der Waals surface area contributed by atoms with Crippen molar-refractivity contribution >= 4 is 17.9 Å². The summed E-state index contributed by atoms with van der Waals surface area (Å²) in [4.78, 5) is 37.3. The Kier molecular flexibility index (Phi) is 52.9. The lowest BCUT2D eigenvalue weighted by Crippen LogP contribution is -2.44. The Hall–Kier alpha value is -2.49. The van der Waals surface area contributed by atoms with E-state index in [9.17, 15) is 19.5 Å². The zero-order chi connectivity index (χ0) is 52.7. The van der Waals surface area contributed by atoms with Crippen LogP contribution in [0.1, 0.15) is 290 Å². The third kappa shape index (κ3) is 55.3. The summed E-state index contributed by atoms with van der Waals surface area (Å²) in [5.41, 5.74) is 0. The van der Waals surface area contributed by atoms with Gasteiger partial charge in [0.2, 0.25) is 0 Å². The number of carbonyl (C=O) groups is 3. The molecule has 0 spiro atoms. The molecule has 0 aliphatic carbocycles. The van der Waals surface area contributed by atoms with Gasteiger partial charge in [-0.3, -0.25) is 9.59 Å². The van der Waals surface area contributed by atoms with Crippen molar-refractivity contribution in [2.75, 3.05) is 47.5 Å². The van der Waals surface area contributed by atoms with Gasteiger partial charge in [-0.15, -0.1) is 0 Å². The van der Waals surface area contributed by atoms with Crippen LogP contribution in [-0.2, 0) is 33.3 Å². The molecule has 9 nitrogen and oxygen atoms in total. The quantitative estimate of drug-likeness (QED) is 0.0195. The molecule has 0 aromatic rings. The van der Waals surface area contributed by atoms with Gasteiger partial charge >= 0.3 is 11.9 Å². The number of allylic oxidation sites excluding steroid dienone is 6. The van der Waals surface area contributed by atoms with Gasteiger partial charge in [-0.2, -0.15) is 0 Å². The molecule has 0 heterocycles. The highest BCUT2D eigenvalue weighted by atomic mass is 16.7. The molecule has 0 aliphatic rings. The lowest BCUT2D eigenvalue weighted by molar-refractivity contribution is -0.870. The number of rotatable bonds is 57. The van der Waals surface area contributed by atoms with E-state index in [0.717, 1.165) is 51.4 Å². The first-order chi connectivity index (χ1) is 35.1. The van der Waals surface area contributed by atoms with Crippen LogP contribution in [0.15, 0.2) is 36.5 Å². The molecule has 2 atom stereocenters. The number of likely N-dealkylation sites (N-methyl/N-ethyl adjacent to an activating group) is 1. The van der Waals surface area contributed by atoms with Crippen LogP contribution in [0.2, 0.25) is 0 Å². The Labute approximate surface area is 445 Å². The fraction of sp³-hybridized carbons (Fsp3) is 0.857. The van der Waals surface area contributed by atoms with Crippen LogP contribution >= 0.6 is 0 Å². The molecule has 0 aromatic heterocycles. The van der Waals surface area contributed by atoms with Gasteiger partial charge in [0.05, 0.1) is 40.3 Å². The Morgan fingerprint density at radius 1 is 0.417 bits per heavy atom. The predicted octanol–water partition coefficient (Wildman–Crippen LogP) is 16.7. The minimum atomic E-state index is -1.62. The highest BCUT2D eigenvalue weighted by molar-refractivity contribution is 5.70. The van der Waals surface area contributed by atoms with Gasteiger partial charge in [0.25, 0.3) is 0 Å². The molecule has 0 amide bonds. The lowest BCUT2D eigenvalue weighted by Gasteiger charge is -2.26. The van der Waals surface area contributed by atoms with Crippen molar-refractivity contribution in [1.82, 2.24) is 0 Å². The number of aliphatic carboxylic acids is 1. The van der Waals surface area contributed by atoms with Crippen molar-refractivity contribution in [1.29, 1.82) is 0 Å². The van der Waals surface area contributed by atoms with Gasteiger partial charge < -0.3 is 33.3 Å². The zero-order valence-electron chi connectivity index (χ0n) is 48.1. The fourth-order valence-corrected chi connectivity index (χ4v) is 8.90. The first-order valence-corrected chi connectivity index (χ1v) is 30.6. The van der Waals surface area contributed by atoms with Crippen LogP contribution in [-0.4, -0.2) is 82.3 Å². The number of carboxylic acid groups (broad SMARTS) is 1. The Balaban J connectivity index is 4.19. The smallest absolute Gasteiger partial charge is 0.306 e. The summed E-state index contributed by atoms with van der Waals surface area (Å²) in [5.74, 6) is -2.27. The van der Waals surface area contributed by atoms with E-state index in [1.165, 1.54) is 205 Å². The predicted molar refractivity (Wildman–Crippen MR) is 302 cm³/mol. The SMILES string of the molecule is CCCCCCC/C=C\C/C=C\C/C=C\CCCCCCCCCCCCCCC(=O)OC(COC(=O)CCCCCCCCCCCCCCCCCCCCCC)COC(OCC[N+](C)(C)C)C(=O)[O-]. The summed E-state index contributed by atoms with van der Waals surface area (Å²) in [6.45, 7) is 4.78. The van der Waals surface area contributed by atoms with Crippen LogP contribution in [0.4, 0.5) is 0 Å². The summed E-state index contributed by atoms with van der Waals surface area (Å²) in [6.07, 6.45) is 63.4. The van der Waals surface area contributed by atoms with E-state index in [-0.39, 0.29) is 32.2 Å². The molecular formula is C63H117NO8. The summed E-state index contributed by atoms with van der Waals surface area (Å²) in [7, 11) is 5.93. The van der Waals surface area contributed by atoms with Crippen LogP contribution in [0, 0.1) is 0 Å². The highest BCUT2D eigenvalue weighted by Gasteiger charge is 2.22. The number of esters is 2. The average molecular weight is 1020 g/mol. The molecule has 0 N–H and O–H groups in total. The normalized spacial score (nSPS) is 13.0. The molecule has 0 saturated carbocycles. The van der Waals surface area contributed by atoms with Crippen LogP contribution < -0.4 is 5.11 Å². The van der Waals surface area contributed by atoms with E-state index < -0.39 is 24.3 Å². The molecule has 0 bridgehead atoms. The van der Waals surface area contributed by atoms with E-state index in [0.29, 0.717) is 23.9 Å². The number of nitrogens with zero attached hydrogens (tertiary/aromatic N) is 1. The fourth-order valence-electron chi connectivity index (χ4n) is 8.90. The van der Waals surface area contributed by atoms with Crippen LogP contribution in [0.25, 0.3) is 0 Å². The number of quaternary nitrogens is 1. The number of hydrogen-bond donors (Lipinski definition) is 0. The molecule has 0 aromatic carbocycles. The average Bonchev–Trinajstić information content (AvgIpc) is 3.35. The Morgan fingerprint density at radius 2 is 0.750 bits per heavy atom. The number of unbranched alkanes of at least 4 members (excludes halogenated alkanes) is 36. The van der Waals surface area contributed by atoms with E-state index in [4.69, 9.17) is 18.9 Å². The van der Waals surface area contributed by atoms with E-state index in [1.807, 2.05) is 21.1 Å². The van der Waals surface area contributed by atoms with Gasteiger partial charge in [-0.05, 0) is 51.4 Å². The summed E-state index contributed by atoms with van der Waals surface area (Å²) < 4.78 is 22.7. The molecule has 2 unspecified atom stereocenters. The number of carbonyl (C=O) groups excluding carboxylic acids is 3. The first kappa shape index (κ1) is 69.5. The molecule has 0 rings (SSSR count). The van der Waals surface area contributed by atoms with Crippen molar-refractivity contribution < 1.29 is 42.9 Å². The topological polar surface area (TPSA) is 111 Å².